The normalized spacial score (nSPS) is 22.6. The van der Waals surface area contributed by atoms with Crippen LogP contribution in [-0.4, -0.2) is 19.7 Å². The molecule has 1 fully saturated rings. The Kier molecular flexibility index (Phi) is 3.84. The zero-order valence-corrected chi connectivity index (χ0v) is 11.1. The van der Waals surface area contributed by atoms with Crippen molar-refractivity contribution >= 4 is 0 Å². The summed E-state index contributed by atoms with van der Waals surface area (Å²) in [5, 5.41) is 3.50. The Labute approximate surface area is 110 Å². The Bertz CT molecular complexity index is 396. The van der Waals surface area contributed by atoms with Crippen molar-refractivity contribution in [2.45, 2.75) is 38.5 Å². The Balaban J connectivity index is 1.48. The van der Waals surface area contributed by atoms with Crippen molar-refractivity contribution < 1.29 is 4.74 Å². The lowest BCUT2D eigenvalue weighted by Gasteiger charge is -2.22. The van der Waals surface area contributed by atoms with E-state index in [0.717, 1.165) is 24.7 Å². The molecular formula is C16H23NO. The zero-order valence-electron chi connectivity index (χ0n) is 11.1. The SMILES string of the molecule is c1cc2c(cc1CCCC1CCCNC1)CCO2. The van der Waals surface area contributed by atoms with Crippen molar-refractivity contribution in [3.05, 3.63) is 29.3 Å². The first-order valence-corrected chi connectivity index (χ1v) is 7.37. The van der Waals surface area contributed by atoms with Gasteiger partial charge in [-0.1, -0.05) is 12.1 Å². The molecule has 0 bridgehead atoms. The Morgan fingerprint density at radius 1 is 1.33 bits per heavy atom. The first kappa shape index (κ1) is 12.0. The average Bonchev–Trinajstić information content (AvgIpc) is 2.87. The van der Waals surface area contributed by atoms with Gasteiger partial charge in [0.1, 0.15) is 5.75 Å². The highest BCUT2D eigenvalue weighted by Crippen LogP contribution is 2.26. The van der Waals surface area contributed by atoms with E-state index in [2.05, 4.69) is 23.5 Å². The second kappa shape index (κ2) is 5.75. The van der Waals surface area contributed by atoms with Gasteiger partial charge in [0.25, 0.3) is 0 Å². The fourth-order valence-corrected chi connectivity index (χ4v) is 3.16. The lowest BCUT2D eigenvalue weighted by Crippen LogP contribution is -2.29. The molecule has 2 aliphatic heterocycles. The van der Waals surface area contributed by atoms with Crippen LogP contribution in [0.1, 0.15) is 36.8 Å². The molecule has 1 aromatic carbocycles. The van der Waals surface area contributed by atoms with Crippen LogP contribution in [0.2, 0.25) is 0 Å². The first-order valence-electron chi connectivity index (χ1n) is 7.37. The lowest BCUT2D eigenvalue weighted by molar-refractivity contribution is 0.351. The highest BCUT2D eigenvalue weighted by atomic mass is 16.5. The number of hydrogen-bond donors (Lipinski definition) is 1. The maximum atomic E-state index is 5.54. The molecule has 0 radical (unpaired) electrons. The second-order valence-corrected chi connectivity index (χ2v) is 5.65. The second-order valence-electron chi connectivity index (χ2n) is 5.65. The first-order chi connectivity index (χ1) is 8.92. The minimum absolute atomic E-state index is 0.868. The van der Waals surface area contributed by atoms with E-state index in [1.165, 1.54) is 56.3 Å². The summed E-state index contributed by atoms with van der Waals surface area (Å²) in [7, 11) is 0. The van der Waals surface area contributed by atoms with Crippen molar-refractivity contribution in [1.82, 2.24) is 5.32 Å². The van der Waals surface area contributed by atoms with Gasteiger partial charge in [-0.05, 0) is 68.3 Å². The summed E-state index contributed by atoms with van der Waals surface area (Å²) in [4.78, 5) is 0. The largest absolute Gasteiger partial charge is 0.493 e. The number of nitrogens with one attached hydrogen (secondary N) is 1. The van der Waals surface area contributed by atoms with Crippen LogP contribution in [0.15, 0.2) is 18.2 Å². The van der Waals surface area contributed by atoms with Gasteiger partial charge in [-0.25, -0.2) is 0 Å². The minimum Gasteiger partial charge on any atom is -0.493 e. The van der Waals surface area contributed by atoms with Crippen molar-refractivity contribution in [3.63, 3.8) is 0 Å². The third-order valence-electron chi connectivity index (χ3n) is 4.23. The Morgan fingerprint density at radius 3 is 3.22 bits per heavy atom. The Hall–Kier alpha value is -1.02. The number of fused-ring (bicyclic) bond motifs is 1. The molecule has 1 atom stereocenters. The average molecular weight is 245 g/mol. The molecule has 1 saturated heterocycles. The molecule has 0 aliphatic carbocycles. The van der Waals surface area contributed by atoms with Gasteiger partial charge >= 0.3 is 0 Å². The number of hydrogen-bond acceptors (Lipinski definition) is 2. The van der Waals surface area contributed by atoms with Gasteiger partial charge in [0.15, 0.2) is 0 Å². The molecule has 0 aromatic heterocycles. The molecule has 0 spiro atoms. The van der Waals surface area contributed by atoms with E-state index in [1.807, 2.05) is 0 Å². The molecule has 1 unspecified atom stereocenters. The number of benzene rings is 1. The highest BCUT2D eigenvalue weighted by molar-refractivity contribution is 5.39. The predicted octanol–water partition coefficient (Wildman–Crippen LogP) is 2.94. The maximum absolute atomic E-state index is 5.54. The molecule has 18 heavy (non-hydrogen) atoms. The van der Waals surface area contributed by atoms with Crippen LogP contribution >= 0.6 is 0 Å². The maximum Gasteiger partial charge on any atom is 0.122 e. The van der Waals surface area contributed by atoms with Gasteiger partial charge in [-0.15, -0.1) is 0 Å². The monoisotopic (exact) mass is 245 g/mol. The van der Waals surface area contributed by atoms with Crippen LogP contribution in [0.3, 0.4) is 0 Å². The van der Waals surface area contributed by atoms with Crippen LogP contribution in [0.4, 0.5) is 0 Å². The van der Waals surface area contributed by atoms with E-state index in [9.17, 15) is 0 Å². The summed E-state index contributed by atoms with van der Waals surface area (Å²) in [6.07, 6.45) is 7.80. The summed E-state index contributed by atoms with van der Waals surface area (Å²) in [6, 6.07) is 6.74. The van der Waals surface area contributed by atoms with Crippen LogP contribution in [-0.2, 0) is 12.8 Å². The quantitative estimate of drug-likeness (QED) is 0.880. The van der Waals surface area contributed by atoms with Gasteiger partial charge in [-0.3, -0.25) is 0 Å². The number of rotatable bonds is 4. The molecule has 2 nitrogen and oxygen atoms in total. The third-order valence-corrected chi connectivity index (χ3v) is 4.23. The van der Waals surface area contributed by atoms with E-state index in [1.54, 1.807) is 0 Å². The number of aryl methyl sites for hydroxylation is 1. The van der Waals surface area contributed by atoms with Crippen molar-refractivity contribution in [2.75, 3.05) is 19.7 Å². The van der Waals surface area contributed by atoms with Gasteiger partial charge in [0, 0.05) is 6.42 Å². The molecule has 2 aliphatic rings. The molecule has 1 N–H and O–H groups in total. The summed E-state index contributed by atoms with van der Waals surface area (Å²) in [5.74, 6) is 2.02. The van der Waals surface area contributed by atoms with Gasteiger partial charge in [0.05, 0.1) is 6.61 Å². The van der Waals surface area contributed by atoms with E-state index in [-0.39, 0.29) is 0 Å². The smallest absolute Gasteiger partial charge is 0.122 e. The standard InChI is InChI=1S/C16H23NO/c1(4-14-5-2-9-17-12-14)3-13-6-7-16-15(11-13)8-10-18-16/h6-7,11,14,17H,1-5,8-10,12H2. The topological polar surface area (TPSA) is 21.3 Å². The fraction of sp³-hybridized carbons (Fsp3) is 0.625. The van der Waals surface area contributed by atoms with E-state index < -0.39 is 0 Å². The molecule has 3 rings (SSSR count). The zero-order chi connectivity index (χ0) is 12.2. The molecule has 0 amide bonds. The van der Waals surface area contributed by atoms with Crippen molar-refractivity contribution in [2.24, 2.45) is 5.92 Å². The van der Waals surface area contributed by atoms with Crippen LogP contribution in [0, 0.1) is 5.92 Å². The fourth-order valence-electron chi connectivity index (χ4n) is 3.16. The number of piperidine rings is 1. The molecule has 2 heteroatoms. The van der Waals surface area contributed by atoms with Gasteiger partial charge < -0.3 is 10.1 Å². The van der Waals surface area contributed by atoms with Gasteiger partial charge in [-0.2, -0.15) is 0 Å². The summed E-state index contributed by atoms with van der Waals surface area (Å²) >= 11 is 0. The van der Waals surface area contributed by atoms with Gasteiger partial charge in [0.2, 0.25) is 0 Å². The number of ether oxygens (including phenoxy) is 1. The Morgan fingerprint density at radius 2 is 2.33 bits per heavy atom. The summed E-state index contributed by atoms with van der Waals surface area (Å²) < 4.78 is 5.54. The molecule has 0 saturated carbocycles. The lowest BCUT2D eigenvalue weighted by atomic mass is 9.92. The van der Waals surface area contributed by atoms with Crippen LogP contribution < -0.4 is 10.1 Å². The molecule has 1 aromatic rings. The van der Waals surface area contributed by atoms with Crippen molar-refractivity contribution in [3.8, 4) is 5.75 Å². The van der Waals surface area contributed by atoms with Crippen LogP contribution in [0.25, 0.3) is 0 Å². The summed E-state index contributed by atoms with van der Waals surface area (Å²) in [6.45, 7) is 3.33. The minimum atomic E-state index is 0.868. The molecule has 2 heterocycles. The summed E-state index contributed by atoms with van der Waals surface area (Å²) in [5.41, 5.74) is 2.90. The van der Waals surface area contributed by atoms with Crippen LogP contribution in [0.5, 0.6) is 5.75 Å². The molecular weight excluding hydrogens is 222 g/mol. The third kappa shape index (κ3) is 2.86. The van der Waals surface area contributed by atoms with E-state index in [4.69, 9.17) is 4.74 Å². The predicted molar refractivity (Wildman–Crippen MR) is 74.2 cm³/mol. The highest BCUT2D eigenvalue weighted by Gasteiger charge is 2.14. The van der Waals surface area contributed by atoms with E-state index in [0.29, 0.717) is 0 Å². The van der Waals surface area contributed by atoms with Crippen molar-refractivity contribution in [1.29, 1.82) is 0 Å². The van der Waals surface area contributed by atoms with E-state index >= 15 is 0 Å². The molecule has 98 valence electrons.